The Kier molecular flexibility index (Phi) is 6.52. The standard InChI is InChI=1S/C17H25ClN2O/c1-3-15(18)17(20-12-11-19-13-20)16(21-2)10-9-14-7-5-4-6-8-14/h3,11-14,16H,1,4-10H2,2H3/b17-15+. The van der Waals surface area contributed by atoms with Crippen molar-refractivity contribution in [3.63, 3.8) is 0 Å². The molecule has 2 rings (SSSR count). The largest absolute Gasteiger partial charge is 0.375 e. The molecule has 0 saturated heterocycles. The Balaban J connectivity index is 2.07. The first kappa shape index (κ1) is 16.3. The van der Waals surface area contributed by atoms with Crippen LogP contribution in [0.5, 0.6) is 0 Å². The minimum Gasteiger partial charge on any atom is -0.375 e. The second-order valence-electron chi connectivity index (χ2n) is 5.71. The van der Waals surface area contributed by atoms with E-state index < -0.39 is 0 Å². The van der Waals surface area contributed by atoms with Crippen molar-refractivity contribution in [1.29, 1.82) is 0 Å². The van der Waals surface area contributed by atoms with Crippen LogP contribution in [0.25, 0.3) is 5.70 Å². The summed E-state index contributed by atoms with van der Waals surface area (Å²) >= 11 is 6.35. The molecular weight excluding hydrogens is 284 g/mol. The average molecular weight is 309 g/mol. The highest BCUT2D eigenvalue weighted by atomic mass is 35.5. The Morgan fingerprint density at radius 2 is 2.24 bits per heavy atom. The smallest absolute Gasteiger partial charge is 0.0990 e. The molecule has 1 heterocycles. The minimum atomic E-state index is -0.0216. The zero-order valence-corrected chi connectivity index (χ0v) is 13.6. The summed E-state index contributed by atoms with van der Waals surface area (Å²) in [5.74, 6) is 0.836. The number of nitrogens with zero attached hydrogens (tertiary/aromatic N) is 2. The molecule has 0 aliphatic heterocycles. The third-order valence-electron chi connectivity index (χ3n) is 4.36. The Morgan fingerprint density at radius 3 is 2.81 bits per heavy atom. The fourth-order valence-electron chi connectivity index (χ4n) is 3.18. The number of imidazole rings is 1. The lowest BCUT2D eigenvalue weighted by Gasteiger charge is -2.25. The SMILES string of the molecule is C=C/C(Cl)=C(/C(CCC1CCCCC1)OC)n1ccnc1. The monoisotopic (exact) mass is 308 g/mol. The summed E-state index contributed by atoms with van der Waals surface area (Å²) in [6.07, 6.45) is 16.1. The number of hydrogen-bond donors (Lipinski definition) is 0. The summed E-state index contributed by atoms with van der Waals surface area (Å²) in [7, 11) is 1.75. The van der Waals surface area contributed by atoms with Crippen LogP contribution in [-0.2, 0) is 4.74 Å². The van der Waals surface area contributed by atoms with Gasteiger partial charge in [-0.3, -0.25) is 0 Å². The van der Waals surface area contributed by atoms with Gasteiger partial charge in [0.15, 0.2) is 0 Å². The third-order valence-corrected chi connectivity index (χ3v) is 4.71. The van der Waals surface area contributed by atoms with Gasteiger partial charge in [-0.15, -0.1) is 0 Å². The lowest BCUT2D eigenvalue weighted by molar-refractivity contribution is 0.126. The first-order valence-corrected chi connectivity index (χ1v) is 8.17. The molecule has 0 spiro atoms. The van der Waals surface area contributed by atoms with Crippen LogP contribution >= 0.6 is 11.6 Å². The van der Waals surface area contributed by atoms with Crippen LogP contribution in [-0.4, -0.2) is 22.8 Å². The van der Waals surface area contributed by atoms with Crippen LogP contribution in [0.3, 0.4) is 0 Å². The average Bonchev–Trinajstić information content (AvgIpc) is 3.05. The molecule has 21 heavy (non-hydrogen) atoms. The van der Waals surface area contributed by atoms with Crippen LogP contribution in [0.15, 0.2) is 36.4 Å². The van der Waals surface area contributed by atoms with Crippen LogP contribution in [0, 0.1) is 5.92 Å². The van der Waals surface area contributed by atoms with Crippen molar-refractivity contribution >= 4 is 17.3 Å². The molecule has 4 heteroatoms. The number of ether oxygens (including phenoxy) is 1. The highest BCUT2D eigenvalue weighted by Crippen LogP contribution is 2.31. The van der Waals surface area contributed by atoms with Gasteiger partial charge in [-0.05, 0) is 24.8 Å². The molecule has 0 radical (unpaired) electrons. The quantitative estimate of drug-likeness (QED) is 0.673. The fourth-order valence-corrected chi connectivity index (χ4v) is 3.40. The van der Waals surface area contributed by atoms with E-state index in [1.54, 1.807) is 25.7 Å². The predicted molar refractivity (Wildman–Crippen MR) is 88.1 cm³/mol. The number of rotatable bonds is 7. The molecule has 1 fully saturated rings. The van der Waals surface area contributed by atoms with Crippen molar-refractivity contribution in [3.8, 4) is 0 Å². The van der Waals surface area contributed by atoms with Crippen molar-refractivity contribution in [2.75, 3.05) is 7.11 Å². The van der Waals surface area contributed by atoms with E-state index in [-0.39, 0.29) is 6.10 Å². The van der Waals surface area contributed by atoms with E-state index in [1.807, 2.05) is 10.8 Å². The molecule has 116 valence electrons. The number of hydrogen-bond acceptors (Lipinski definition) is 2. The molecule has 1 aliphatic rings. The highest BCUT2D eigenvalue weighted by Gasteiger charge is 2.21. The Bertz CT molecular complexity index is 461. The van der Waals surface area contributed by atoms with Gasteiger partial charge in [0.1, 0.15) is 0 Å². The summed E-state index contributed by atoms with van der Waals surface area (Å²) in [4.78, 5) is 4.11. The molecule has 0 bridgehead atoms. The van der Waals surface area contributed by atoms with Crippen molar-refractivity contribution in [1.82, 2.24) is 9.55 Å². The molecule has 3 nitrogen and oxygen atoms in total. The van der Waals surface area contributed by atoms with Gasteiger partial charge < -0.3 is 9.30 Å². The maximum atomic E-state index is 6.35. The molecule has 0 amide bonds. The van der Waals surface area contributed by atoms with Crippen molar-refractivity contribution in [3.05, 3.63) is 36.4 Å². The molecule has 1 unspecified atom stereocenters. The van der Waals surface area contributed by atoms with Gasteiger partial charge in [-0.25, -0.2) is 4.98 Å². The van der Waals surface area contributed by atoms with Crippen LogP contribution in [0.1, 0.15) is 44.9 Å². The summed E-state index contributed by atoms with van der Waals surface area (Å²) in [5.41, 5.74) is 0.933. The van der Waals surface area contributed by atoms with E-state index in [4.69, 9.17) is 16.3 Å². The van der Waals surface area contributed by atoms with Crippen molar-refractivity contribution in [2.24, 2.45) is 5.92 Å². The van der Waals surface area contributed by atoms with E-state index in [0.29, 0.717) is 5.03 Å². The van der Waals surface area contributed by atoms with Gasteiger partial charge in [-0.2, -0.15) is 0 Å². The topological polar surface area (TPSA) is 27.1 Å². The second kappa shape index (κ2) is 8.40. The van der Waals surface area contributed by atoms with Gasteiger partial charge >= 0.3 is 0 Å². The summed E-state index contributed by atoms with van der Waals surface area (Å²) in [5, 5.41) is 0.628. The fraction of sp³-hybridized carbons (Fsp3) is 0.588. The first-order valence-electron chi connectivity index (χ1n) is 7.79. The highest BCUT2D eigenvalue weighted by molar-refractivity contribution is 6.33. The van der Waals surface area contributed by atoms with Gasteiger partial charge in [0.05, 0.1) is 23.2 Å². The Labute approximate surface area is 132 Å². The van der Waals surface area contributed by atoms with Gasteiger partial charge in [0.25, 0.3) is 0 Å². The van der Waals surface area contributed by atoms with E-state index in [0.717, 1.165) is 18.0 Å². The number of methoxy groups -OCH3 is 1. The second-order valence-corrected chi connectivity index (χ2v) is 6.12. The van der Waals surface area contributed by atoms with Crippen LogP contribution in [0.2, 0.25) is 0 Å². The number of halogens is 1. The number of aromatic nitrogens is 2. The molecule has 1 aromatic rings. The molecule has 1 aliphatic carbocycles. The summed E-state index contributed by atoms with van der Waals surface area (Å²) in [6.45, 7) is 3.78. The Morgan fingerprint density at radius 1 is 1.48 bits per heavy atom. The summed E-state index contributed by atoms with van der Waals surface area (Å²) in [6, 6.07) is 0. The lowest BCUT2D eigenvalue weighted by atomic mass is 9.85. The van der Waals surface area contributed by atoms with Gasteiger partial charge in [0, 0.05) is 19.5 Å². The normalized spacial score (nSPS) is 19.1. The maximum absolute atomic E-state index is 6.35. The van der Waals surface area contributed by atoms with E-state index in [1.165, 1.54) is 38.5 Å². The molecule has 1 atom stereocenters. The third kappa shape index (κ3) is 4.45. The van der Waals surface area contributed by atoms with Crippen molar-refractivity contribution < 1.29 is 4.74 Å². The summed E-state index contributed by atoms with van der Waals surface area (Å²) < 4.78 is 7.64. The van der Waals surface area contributed by atoms with E-state index in [2.05, 4.69) is 11.6 Å². The number of allylic oxidation sites excluding steroid dienone is 2. The van der Waals surface area contributed by atoms with Gasteiger partial charge in [-0.1, -0.05) is 50.3 Å². The first-order chi connectivity index (χ1) is 10.3. The molecular formula is C17H25ClN2O. The Hall–Kier alpha value is -1.06. The molecule has 0 aromatic carbocycles. The van der Waals surface area contributed by atoms with E-state index >= 15 is 0 Å². The predicted octanol–water partition coefficient (Wildman–Crippen LogP) is 4.85. The molecule has 1 aromatic heterocycles. The molecule has 1 saturated carbocycles. The molecule has 0 N–H and O–H groups in total. The maximum Gasteiger partial charge on any atom is 0.0990 e. The zero-order chi connectivity index (χ0) is 15.1. The minimum absolute atomic E-state index is 0.0216. The van der Waals surface area contributed by atoms with E-state index in [9.17, 15) is 0 Å². The van der Waals surface area contributed by atoms with Crippen LogP contribution in [0.4, 0.5) is 0 Å². The lowest BCUT2D eigenvalue weighted by Crippen LogP contribution is -2.20. The van der Waals surface area contributed by atoms with Gasteiger partial charge in [0.2, 0.25) is 0 Å². The van der Waals surface area contributed by atoms with Crippen LogP contribution < -0.4 is 0 Å². The van der Waals surface area contributed by atoms with Crippen molar-refractivity contribution in [2.45, 2.75) is 51.0 Å². The zero-order valence-electron chi connectivity index (χ0n) is 12.8.